The van der Waals surface area contributed by atoms with Gasteiger partial charge in [-0.1, -0.05) is 0 Å². The number of benzene rings is 1. The van der Waals surface area contributed by atoms with E-state index in [9.17, 15) is 4.79 Å². The quantitative estimate of drug-likeness (QED) is 0.772. The maximum Gasteiger partial charge on any atom is 0.319 e. The van der Waals surface area contributed by atoms with Gasteiger partial charge in [-0.2, -0.15) is 5.10 Å². The molecule has 2 aromatic heterocycles. The maximum atomic E-state index is 12.0. The first-order chi connectivity index (χ1) is 11.1. The first kappa shape index (κ1) is 15.2. The Hall–Kier alpha value is -2.67. The average Bonchev–Trinajstić information content (AvgIpc) is 3.16. The number of nitrogens with zero attached hydrogens (tertiary/aromatic N) is 3. The number of carbonyl (C=O) groups excluding carboxylic acids is 1. The number of aryl methyl sites for hydroxylation is 2. The van der Waals surface area contributed by atoms with Gasteiger partial charge in [0.05, 0.1) is 22.9 Å². The van der Waals surface area contributed by atoms with Crippen molar-refractivity contribution in [2.45, 2.75) is 20.4 Å². The topological polar surface area (TPSA) is 71.8 Å². The second kappa shape index (κ2) is 6.62. The summed E-state index contributed by atoms with van der Waals surface area (Å²) in [6.07, 6.45) is 3.59. The van der Waals surface area contributed by atoms with E-state index >= 15 is 0 Å². The van der Waals surface area contributed by atoms with Gasteiger partial charge >= 0.3 is 6.03 Å². The average molecular weight is 327 g/mol. The van der Waals surface area contributed by atoms with Crippen LogP contribution in [-0.2, 0) is 6.54 Å². The summed E-state index contributed by atoms with van der Waals surface area (Å²) in [4.78, 5) is 17.5. The fourth-order valence-electron chi connectivity index (χ4n) is 2.19. The lowest BCUT2D eigenvalue weighted by Crippen LogP contribution is -2.28. The van der Waals surface area contributed by atoms with Crippen molar-refractivity contribution in [3.8, 4) is 5.69 Å². The zero-order valence-corrected chi connectivity index (χ0v) is 13.7. The fraction of sp³-hybridized carbons (Fsp3) is 0.188. The highest BCUT2D eigenvalue weighted by Gasteiger charge is 2.07. The molecule has 6 nitrogen and oxygen atoms in total. The molecule has 0 aliphatic heterocycles. The third-order valence-electron chi connectivity index (χ3n) is 3.31. The summed E-state index contributed by atoms with van der Waals surface area (Å²) in [6, 6.07) is 9.10. The molecule has 23 heavy (non-hydrogen) atoms. The van der Waals surface area contributed by atoms with Gasteiger partial charge in [0.1, 0.15) is 0 Å². The number of aromatic nitrogens is 3. The molecule has 0 radical (unpaired) electrons. The van der Waals surface area contributed by atoms with E-state index in [1.54, 1.807) is 22.2 Å². The predicted octanol–water partition coefficient (Wildman–Crippen LogP) is 3.27. The predicted molar refractivity (Wildman–Crippen MR) is 91.0 cm³/mol. The molecule has 1 aromatic carbocycles. The summed E-state index contributed by atoms with van der Waals surface area (Å²) in [5, 5.41) is 10.8. The molecule has 2 amide bonds. The van der Waals surface area contributed by atoms with Crippen LogP contribution in [0.25, 0.3) is 5.69 Å². The molecule has 118 valence electrons. The molecule has 2 N–H and O–H groups in total. The van der Waals surface area contributed by atoms with E-state index in [-0.39, 0.29) is 6.03 Å². The zero-order chi connectivity index (χ0) is 16.2. The zero-order valence-electron chi connectivity index (χ0n) is 12.9. The summed E-state index contributed by atoms with van der Waals surface area (Å²) in [6.45, 7) is 4.39. The molecule has 2 heterocycles. The number of amides is 2. The first-order valence-electron chi connectivity index (χ1n) is 7.19. The minimum Gasteiger partial charge on any atom is -0.332 e. The fourth-order valence-corrected chi connectivity index (χ4v) is 3.03. The van der Waals surface area contributed by atoms with Crippen LogP contribution in [0, 0.1) is 13.8 Å². The molecule has 0 saturated heterocycles. The van der Waals surface area contributed by atoms with Crippen LogP contribution in [-0.4, -0.2) is 20.8 Å². The van der Waals surface area contributed by atoms with E-state index in [2.05, 4.69) is 20.7 Å². The molecule has 0 spiro atoms. The smallest absolute Gasteiger partial charge is 0.319 e. The maximum absolute atomic E-state index is 12.0. The van der Waals surface area contributed by atoms with Crippen LogP contribution in [0.4, 0.5) is 10.5 Å². The molecule has 3 aromatic rings. The molecule has 7 heteroatoms. The van der Waals surface area contributed by atoms with Crippen LogP contribution in [0.2, 0.25) is 0 Å². The molecule has 0 saturated carbocycles. The van der Waals surface area contributed by atoms with Crippen molar-refractivity contribution in [3.63, 3.8) is 0 Å². The van der Waals surface area contributed by atoms with E-state index in [0.29, 0.717) is 6.54 Å². The highest BCUT2D eigenvalue weighted by atomic mass is 32.1. The summed E-state index contributed by atoms with van der Waals surface area (Å²) in [5.74, 6) is 0. The molecule has 0 aliphatic carbocycles. The van der Waals surface area contributed by atoms with Crippen molar-refractivity contribution in [3.05, 3.63) is 58.3 Å². The molecule has 0 atom stereocenters. The van der Waals surface area contributed by atoms with Crippen LogP contribution >= 0.6 is 11.3 Å². The van der Waals surface area contributed by atoms with Gasteiger partial charge in [0, 0.05) is 23.0 Å². The largest absolute Gasteiger partial charge is 0.332 e. The van der Waals surface area contributed by atoms with Crippen molar-refractivity contribution >= 4 is 23.1 Å². The number of rotatable bonds is 4. The van der Waals surface area contributed by atoms with Crippen molar-refractivity contribution in [1.82, 2.24) is 20.1 Å². The normalized spacial score (nSPS) is 10.5. The number of hydrogen-bond donors (Lipinski definition) is 2. The lowest BCUT2D eigenvalue weighted by Gasteiger charge is -2.08. The van der Waals surface area contributed by atoms with E-state index < -0.39 is 0 Å². The number of thiazole rings is 1. The van der Waals surface area contributed by atoms with Crippen LogP contribution in [0.1, 0.15) is 15.6 Å². The van der Waals surface area contributed by atoms with Gasteiger partial charge in [-0.25, -0.2) is 14.5 Å². The second-order valence-corrected chi connectivity index (χ2v) is 6.45. The van der Waals surface area contributed by atoms with Crippen molar-refractivity contribution < 1.29 is 4.79 Å². The van der Waals surface area contributed by atoms with Gasteiger partial charge < -0.3 is 10.6 Å². The van der Waals surface area contributed by atoms with E-state index in [1.807, 2.05) is 50.4 Å². The Labute approximate surface area is 138 Å². The standard InChI is InChI=1S/C16H17N5OS/c1-11-15(19-12(2)23-11)10-17-16(22)20-13-4-6-14(7-5-13)21-9-3-8-18-21/h3-9H,10H2,1-2H3,(H2,17,20,22). The minimum atomic E-state index is -0.248. The number of urea groups is 1. The molecule has 0 aliphatic rings. The molecule has 3 rings (SSSR count). The lowest BCUT2D eigenvalue weighted by atomic mass is 10.3. The van der Waals surface area contributed by atoms with Gasteiger partial charge in [0.2, 0.25) is 0 Å². The molecule has 0 bridgehead atoms. The summed E-state index contributed by atoms with van der Waals surface area (Å²) in [5.41, 5.74) is 2.58. The molecular weight excluding hydrogens is 310 g/mol. The summed E-state index contributed by atoms with van der Waals surface area (Å²) >= 11 is 1.63. The second-order valence-electron chi connectivity index (χ2n) is 5.04. The van der Waals surface area contributed by atoms with Crippen molar-refractivity contribution in [2.24, 2.45) is 0 Å². The van der Waals surface area contributed by atoms with Crippen LogP contribution in [0.3, 0.4) is 0 Å². The first-order valence-corrected chi connectivity index (χ1v) is 8.01. The molecule has 0 fully saturated rings. The Morgan fingerprint density at radius 3 is 2.65 bits per heavy atom. The van der Waals surface area contributed by atoms with Gasteiger partial charge in [-0.3, -0.25) is 0 Å². The highest BCUT2D eigenvalue weighted by Crippen LogP contribution is 2.16. The van der Waals surface area contributed by atoms with Gasteiger partial charge in [-0.15, -0.1) is 11.3 Å². The Morgan fingerprint density at radius 2 is 2.04 bits per heavy atom. The van der Waals surface area contributed by atoms with Crippen LogP contribution in [0.15, 0.2) is 42.7 Å². The van der Waals surface area contributed by atoms with E-state index in [1.165, 1.54) is 0 Å². The Balaban J connectivity index is 1.56. The minimum absolute atomic E-state index is 0.248. The Kier molecular flexibility index (Phi) is 4.38. The van der Waals surface area contributed by atoms with Gasteiger partial charge in [-0.05, 0) is 44.2 Å². The van der Waals surface area contributed by atoms with Gasteiger partial charge in [0.25, 0.3) is 0 Å². The van der Waals surface area contributed by atoms with E-state index in [4.69, 9.17) is 0 Å². The Bertz CT molecular complexity index is 793. The SMILES string of the molecule is Cc1nc(CNC(=O)Nc2ccc(-n3cccn3)cc2)c(C)s1. The van der Waals surface area contributed by atoms with Crippen LogP contribution < -0.4 is 10.6 Å². The summed E-state index contributed by atoms with van der Waals surface area (Å²) < 4.78 is 1.76. The highest BCUT2D eigenvalue weighted by molar-refractivity contribution is 7.11. The number of nitrogens with one attached hydrogen (secondary N) is 2. The van der Waals surface area contributed by atoms with E-state index in [0.717, 1.165) is 27.0 Å². The van der Waals surface area contributed by atoms with Crippen LogP contribution in [0.5, 0.6) is 0 Å². The number of carbonyl (C=O) groups is 1. The third kappa shape index (κ3) is 3.75. The lowest BCUT2D eigenvalue weighted by molar-refractivity contribution is 0.251. The number of hydrogen-bond acceptors (Lipinski definition) is 4. The molecule has 0 unspecified atom stereocenters. The summed E-state index contributed by atoms with van der Waals surface area (Å²) in [7, 11) is 0. The number of anilines is 1. The van der Waals surface area contributed by atoms with Crippen molar-refractivity contribution in [2.75, 3.05) is 5.32 Å². The Morgan fingerprint density at radius 1 is 1.26 bits per heavy atom. The monoisotopic (exact) mass is 327 g/mol. The third-order valence-corrected chi connectivity index (χ3v) is 4.24. The molecular formula is C16H17N5OS. The van der Waals surface area contributed by atoms with Crippen molar-refractivity contribution in [1.29, 1.82) is 0 Å². The van der Waals surface area contributed by atoms with Gasteiger partial charge in [0.15, 0.2) is 0 Å².